The van der Waals surface area contributed by atoms with E-state index in [1.54, 1.807) is 41.5 Å². The first-order valence-corrected chi connectivity index (χ1v) is 12.0. The highest BCUT2D eigenvalue weighted by Gasteiger charge is 2.40. The molecule has 0 unspecified atom stereocenters. The van der Waals surface area contributed by atoms with Crippen molar-refractivity contribution < 1.29 is 35.7 Å². The van der Waals surface area contributed by atoms with Crippen molar-refractivity contribution in [2.24, 2.45) is 0 Å². The molecule has 0 amide bonds. The maximum atomic E-state index is 13.6. The zero-order valence-electron chi connectivity index (χ0n) is 19.0. The van der Waals surface area contributed by atoms with Crippen LogP contribution in [0.5, 0.6) is 0 Å². The zero-order valence-corrected chi connectivity index (χ0v) is 21.5. The van der Waals surface area contributed by atoms with Crippen LogP contribution in [-0.4, -0.2) is 40.3 Å². The molecule has 0 aliphatic rings. The normalized spacial score (nSPS) is 13.7. The molecule has 0 spiro atoms. The molecule has 3 aromatic rings. The predicted molar refractivity (Wildman–Crippen MR) is 115 cm³/mol. The van der Waals surface area contributed by atoms with Gasteiger partial charge in [-0.05, 0) is 57.5 Å². The highest BCUT2D eigenvalue weighted by Crippen LogP contribution is 2.55. The standard InChI is InChI=1S/C18H22BrF4N6O4P/c1-16(2,3)32-34(30,33-17(4,5)6)31-9-29-13(26-14(27-29)18(21,22)23)11-12(19)28-8-10(20)7-24-15(28)25-11/h7-8H,9H2,1-6H3. The summed E-state index contributed by atoms with van der Waals surface area (Å²) in [6.07, 6.45) is -2.96. The highest BCUT2D eigenvalue weighted by atomic mass is 79.9. The van der Waals surface area contributed by atoms with E-state index in [9.17, 15) is 22.1 Å². The average Bonchev–Trinajstić information content (AvgIpc) is 3.18. The number of nitrogens with zero attached hydrogens (tertiary/aromatic N) is 6. The summed E-state index contributed by atoms with van der Waals surface area (Å²) >= 11 is 3.17. The minimum Gasteiger partial charge on any atom is -0.281 e. The molecule has 34 heavy (non-hydrogen) atoms. The van der Waals surface area contributed by atoms with Crippen LogP contribution in [0.1, 0.15) is 47.4 Å². The predicted octanol–water partition coefficient (Wildman–Crippen LogP) is 5.62. The van der Waals surface area contributed by atoms with Gasteiger partial charge >= 0.3 is 14.0 Å². The number of alkyl halides is 3. The van der Waals surface area contributed by atoms with Crippen LogP contribution in [-0.2, 0) is 31.0 Å². The lowest BCUT2D eigenvalue weighted by Crippen LogP contribution is -2.25. The molecule has 0 aliphatic carbocycles. The van der Waals surface area contributed by atoms with Gasteiger partial charge in [0.15, 0.2) is 18.4 Å². The summed E-state index contributed by atoms with van der Waals surface area (Å²) in [6.45, 7) is 8.86. The molecular formula is C18H22BrF4N6O4P. The fraction of sp³-hybridized carbons (Fsp3) is 0.556. The number of hydrogen-bond donors (Lipinski definition) is 0. The van der Waals surface area contributed by atoms with Crippen molar-refractivity contribution in [1.29, 1.82) is 0 Å². The van der Waals surface area contributed by atoms with Crippen LogP contribution < -0.4 is 0 Å². The van der Waals surface area contributed by atoms with Gasteiger partial charge in [-0.15, -0.1) is 5.10 Å². The van der Waals surface area contributed by atoms with Crippen molar-refractivity contribution in [3.8, 4) is 11.5 Å². The van der Waals surface area contributed by atoms with Crippen LogP contribution >= 0.6 is 23.8 Å². The molecule has 0 atom stereocenters. The molecule has 188 valence electrons. The minimum absolute atomic E-state index is 0.00916. The number of aromatic nitrogens is 6. The van der Waals surface area contributed by atoms with Gasteiger partial charge in [0.05, 0.1) is 23.6 Å². The molecule has 0 saturated carbocycles. The van der Waals surface area contributed by atoms with Gasteiger partial charge in [0, 0.05) is 0 Å². The third-order valence-electron chi connectivity index (χ3n) is 3.64. The SMILES string of the molecule is CC(C)(C)OP(=O)(OCn1nc(C(F)(F)F)nc1-c1nc2ncc(F)cn2c1Br)OC(C)(C)C. The highest BCUT2D eigenvalue weighted by molar-refractivity contribution is 9.10. The first kappa shape index (κ1) is 26.7. The fourth-order valence-electron chi connectivity index (χ4n) is 2.62. The summed E-state index contributed by atoms with van der Waals surface area (Å²) < 4.78 is 85.3. The molecule has 0 radical (unpaired) electrons. The topological polar surface area (TPSA) is 106 Å². The van der Waals surface area contributed by atoms with Gasteiger partial charge in [-0.2, -0.15) is 13.2 Å². The Kier molecular flexibility index (Phi) is 7.01. The van der Waals surface area contributed by atoms with E-state index in [-0.39, 0.29) is 16.1 Å². The number of phosphoric ester groups is 1. The smallest absolute Gasteiger partial charge is 0.281 e. The summed E-state index contributed by atoms with van der Waals surface area (Å²) in [7, 11) is -4.29. The number of rotatable bonds is 6. The maximum absolute atomic E-state index is 13.6. The Bertz CT molecular complexity index is 1230. The number of imidazole rings is 1. The van der Waals surface area contributed by atoms with Gasteiger partial charge in [0.2, 0.25) is 5.78 Å². The van der Waals surface area contributed by atoms with Crippen LogP contribution in [0.2, 0.25) is 0 Å². The monoisotopic (exact) mass is 572 g/mol. The summed E-state index contributed by atoms with van der Waals surface area (Å²) in [5.74, 6) is -2.59. The third-order valence-corrected chi connectivity index (χ3v) is 6.37. The van der Waals surface area contributed by atoms with E-state index in [1.165, 1.54) is 4.40 Å². The van der Waals surface area contributed by atoms with Crippen molar-refractivity contribution in [3.05, 3.63) is 28.6 Å². The molecule has 10 nitrogen and oxygen atoms in total. The molecule has 16 heteroatoms. The molecule has 0 aromatic carbocycles. The lowest BCUT2D eigenvalue weighted by Gasteiger charge is -2.30. The Balaban J connectivity index is 2.05. The second kappa shape index (κ2) is 8.94. The molecule has 0 aliphatic heterocycles. The minimum atomic E-state index is -4.90. The van der Waals surface area contributed by atoms with Crippen molar-refractivity contribution in [3.63, 3.8) is 0 Å². The zero-order chi connectivity index (χ0) is 25.7. The number of fused-ring (bicyclic) bond motifs is 1. The van der Waals surface area contributed by atoms with Gasteiger partial charge in [0.25, 0.3) is 5.82 Å². The Morgan fingerprint density at radius 3 is 2.18 bits per heavy atom. The quantitative estimate of drug-likeness (QED) is 0.277. The first-order valence-electron chi connectivity index (χ1n) is 9.74. The van der Waals surface area contributed by atoms with Crippen molar-refractivity contribution in [2.75, 3.05) is 0 Å². The molecule has 3 rings (SSSR count). The van der Waals surface area contributed by atoms with Gasteiger partial charge in [0.1, 0.15) is 10.3 Å². The maximum Gasteiger partial charge on any atom is 0.477 e. The fourth-order valence-corrected chi connectivity index (χ4v) is 4.88. The largest absolute Gasteiger partial charge is 0.477 e. The van der Waals surface area contributed by atoms with Crippen molar-refractivity contribution >= 4 is 29.5 Å². The van der Waals surface area contributed by atoms with Crippen LogP contribution in [0.4, 0.5) is 17.6 Å². The number of phosphoric acid groups is 1. The van der Waals surface area contributed by atoms with Crippen LogP contribution in [0.3, 0.4) is 0 Å². The molecular weight excluding hydrogens is 551 g/mol. The molecule has 3 heterocycles. The van der Waals surface area contributed by atoms with E-state index in [1.807, 2.05) is 0 Å². The van der Waals surface area contributed by atoms with Gasteiger partial charge in [-0.1, -0.05) is 0 Å². The second-order valence-electron chi connectivity index (χ2n) is 9.06. The average molecular weight is 573 g/mol. The second-order valence-corrected chi connectivity index (χ2v) is 11.3. The van der Waals surface area contributed by atoms with E-state index in [0.29, 0.717) is 4.68 Å². The first-order chi connectivity index (χ1) is 15.4. The van der Waals surface area contributed by atoms with Gasteiger partial charge in [-0.3, -0.25) is 18.0 Å². The van der Waals surface area contributed by atoms with Crippen LogP contribution in [0, 0.1) is 5.82 Å². The summed E-state index contributed by atoms with van der Waals surface area (Å²) in [6, 6.07) is 0. The molecule has 3 aromatic heterocycles. The Labute approximate surface area is 200 Å². The third kappa shape index (κ3) is 6.39. The Hall–Kier alpha value is -1.93. The molecule has 0 saturated heterocycles. The van der Waals surface area contributed by atoms with E-state index in [4.69, 9.17) is 13.6 Å². The lowest BCUT2D eigenvalue weighted by atomic mass is 10.2. The van der Waals surface area contributed by atoms with Gasteiger partial charge in [-0.25, -0.2) is 28.6 Å². The van der Waals surface area contributed by atoms with E-state index in [2.05, 4.69) is 36.0 Å². The summed E-state index contributed by atoms with van der Waals surface area (Å²) in [5.41, 5.74) is -2.07. The van der Waals surface area contributed by atoms with E-state index >= 15 is 0 Å². The van der Waals surface area contributed by atoms with Crippen molar-refractivity contribution in [2.45, 2.75) is 65.7 Å². The molecule has 0 fully saturated rings. The summed E-state index contributed by atoms with van der Waals surface area (Å²) in [5, 5.41) is 3.44. The molecule has 0 N–H and O–H groups in total. The van der Waals surface area contributed by atoms with E-state index < -0.39 is 49.4 Å². The number of hydrogen-bond acceptors (Lipinski definition) is 8. The van der Waals surface area contributed by atoms with E-state index in [0.717, 1.165) is 12.4 Å². The Morgan fingerprint density at radius 1 is 1.06 bits per heavy atom. The number of halogens is 5. The van der Waals surface area contributed by atoms with Crippen molar-refractivity contribution in [1.82, 2.24) is 29.1 Å². The van der Waals surface area contributed by atoms with Crippen LogP contribution in [0.25, 0.3) is 17.3 Å². The lowest BCUT2D eigenvalue weighted by molar-refractivity contribution is -0.145. The summed E-state index contributed by atoms with van der Waals surface area (Å²) in [4.78, 5) is 11.4. The molecule has 0 bridgehead atoms. The van der Waals surface area contributed by atoms with Crippen LogP contribution in [0.15, 0.2) is 17.0 Å². The Morgan fingerprint density at radius 2 is 1.65 bits per heavy atom. The van der Waals surface area contributed by atoms with Gasteiger partial charge < -0.3 is 0 Å².